The molecule has 0 aliphatic heterocycles. The third kappa shape index (κ3) is 8.44. The molecular weight excluding hydrogens is 576 g/mol. The van der Waals surface area contributed by atoms with Gasteiger partial charge in [0, 0.05) is 18.6 Å². The van der Waals surface area contributed by atoms with Gasteiger partial charge in [0.15, 0.2) is 37.1 Å². The quantitative estimate of drug-likeness (QED) is 0.185. The van der Waals surface area contributed by atoms with Crippen molar-refractivity contribution >= 4 is 42.7 Å². The van der Waals surface area contributed by atoms with E-state index < -0.39 is 19.7 Å². The molecule has 1 heterocycles. The first kappa shape index (κ1) is 30.3. The molecule has 0 saturated carbocycles. The van der Waals surface area contributed by atoms with E-state index in [4.69, 9.17) is 4.74 Å². The first-order valence-corrected chi connectivity index (χ1v) is 16.4. The molecule has 4 rings (SSSR count). The molecule has 42 heavy (non-hydrogen) atoms. The summed E-state index contributed by atoms with van der Waals surface area (Å²) in [5.41, 5.74) is 8.53. The van der Waals surface area contributed by atoms with Crippen LogP contribution in [0.15, 0.2) is 105 Å². The van der Waals surface area contributed by atoms with E-state index in [1.165, 1.54) is 24.3 Å². The van der Waals surface area contributed by atoms with Crippen molar-refractivity contribution in [1.82, 2.24) is 9.97 Å². The van der Waals surface area contributed by atoms with Crippen LogP contribution in [0.2, 0.25) is 0 Å². The number of hydrogen-bond donors (Lipinski definition) is 2. The summed E-state index contributed by atoms with van der Waals surface area (Å²) in [4.78, 5) is 9.45. The van der Waals surface area contributed by atoms with E-state index in [2.05, 4.69) is 31.0 Å². The Morgan fingerprint density at radius 3 is 1.52 bits per heavy atom. The van der Waals surface area contributed by atoms with Crippen LogP contribution in [0.1, 0.15) is 30.8 Å². The van der Waals surface area contributed by atoms with Crippen molar-refractivity contribution in [3.63, 3.8) is 0 Å². The predicted molar refractivity (Wildman–Crippen MR) is 164 cm³/mol. The number of ether oxygens (including phenoxy) is 1. The molecule has 1 aromatic heterocycles. The van der Waals surface area contributed by atoms with Gasteiger partial charge in [0.1, 0.15) is 12.4 Å². The van der Waals surface area contributed by atoms with E-state index in [9.17, 15) is 16.8 Å². The van der Waals surface area contributed by atoms with E-state index in [1.807, 2.05) is 30.3 Å². The molecule has 0 saturated heterocycles. The van der Waals surface area contributed by atoms with Gasteiger partial charge in [-0.15, -0.1) is 0 Å². The van der Waals surface area contributed by atoms with E-state index in [1.54, 1.807) is 44.2 Å². The number of hydrogen-bond acceptors (Lipinski definition) is 11. The van der Waals surface area contributed by atoms with Gasteiger partial charge in [-0.25, -0.2) is 26.8 Å². The molecule has 11 nitrogen and oxygen atoms in total. The second-order valence-electron chi connectivity index (χ2n) is 9.37. The van der Waals surface area contributed by atoms with E-state index in [0.29, 0.717) is 34.6 Å². The minimum Gasteiger partial charge on any atom is -0.486 e. The summed E-state index contributed by atoms with van der Waals surface area (Å²) in [6.07, 6.45) is 2.31. The maximum atomic E-state index is 11.8. The Bertz CT molecular complexity index is 1710. The lowest BCUT2D eigenvalue weighted by Gasteiger charge is -2.10. The van der Waals surface area contributed by atoms with Crippen LogP contribution in [0.4, 0.5) is 11.6 Å². The summed E-state index contributed by atoms with van der Waals surface area (Å²) in [6, 6.07) is 23.8. The average Bonchev–Trinajstić information content (AvgIpc) is 2.97. The number of sulfone groups is 2. The van der Waals surface area contributed by atoms with Gasteiger partial charge in [0.05, 0.1) is 21.2 Å². The molecule has 0 fully saturated rings. The Kier molecular flexibility index (Phi) is 9.33. The highest BCUT2D eigenvalue weighted by atomic mass is 32.2. The van der Waals surface area contributed by atoms with E-state index >= 15 is 0 Å². The van der Waals surface area contributed by atoms with Crippen molar-refractivity contribution < 1.29 is 21.6 Å². The van der Waals surface area contributed by atoms with Crippen LogP contribution < -0.4 is 15.6 Å². The number of para-hydroxylation sites is 1. The normalized spacial score (nSPS) is 12.6. The molecule has 0 spiro atoms. The van der Waals surface area contributed by atoms with Crippen molar-refractivity contribution in [3.05, 3.63) is 102 Å². The van der Waals surface area contributed by atoms with Gasteiger partial charge in [0.25, 0.3) is 0 Å². The van der Waals surface area contributed by atoms with Gasteiger partial charge in [-0.05, 0) is 61.4 Å². The standard InChI is InChI=1S/C29H30N6O5S2/c1-20(22-10-14-25(15-11-22)41(3,36)37)32-34-27-18-28(31-29(30-27)19-40-24-8-6-5-7-9-24)35-33-21(2)23-12-16-26(17-13-23)42(4,38)39/h5-18H,19H2,1-4H3,(H2,30,31,34,35). The fourth-order valence-corrected chi connectivity index (χ4v) is 4.90. The van der Waals surface area contributed by atoms with Crippen molar-refractivity contribution in [3.8, 4) is 5.75 Å². The van der Waals surface area contributed by atoms with Crippen LogP contribution in [0.25, 0.3) is 0 Å². The van der Waals surface area contributed by atoms with Crippen LogP contribution in [0, 0.1) is 0 Å². The first-order chi connectivity index (χ1) is 19.9. The van der Waals surface area contributed by atoms with Crippen molar-refractivity contribution in [2.75, 3.05) is 23.4 Å². The number of nitrogens with zero attached hydrogens (tertiary/aromatic N) is 4. The highest BCUT2D eigenvalue weighted by Gasteiger charge is 2.10. The number of benzene rings is 3. The first-order valence-electron chi connectivity index (χ1n) is 12.7. The Labute approximate surface area is 245 Å². The molecule has 0 amide bonds. The third-order valence-electron chi connectivity index (χ3n) is 5.96. The summed E-state index contributed by atoms with van der Waals surface area (Å²) in [6.45, 7) is 3.65. The maximum Gasteiger partial charge on any atom is 0.175 e. The third-order valence-corrected chi connectivity index (χ3v) is 8.22. The molecule has 3 aromatic carbocycles. The van der Waals surface area contributed by atoms with Gasteiger partial charge in [-0.3, -0.25) is 10.9 Å². The van der Waals surface area contributed by atoms with Gasteiger partial charge in [0.2, 0.25) is 0 Å². The van der Waals surface area contributed by atoms with Crippen LogP contribution in [0.3, 0.4) is 0 Å². The minimum atomic E-state index is -3.30. The molecule has 218 valence electrons. The van der Waals surface area contributed by atoms with Crippen LogP contribution >= 0.6 is 0 Å². The number of hydrazone groups is 2. The Balaban J connectivity index is 1.56. The Morgan fingerprint density at radius 1 is 0.690 bits per heavy atom. The molecule has 0 atom stereocenters. The average molecular weight is 607 g/mol. The highest BCUT2D eigenvalue weighted by Crippen LogP contribution is 2.17. The van der Waals surface area contributed by atoms with Crippen molar-refractivity contribution in [1.29, 1.82) is 0 Å². The minimum absolute atomic E-state index is 0.0829. The zero-order valence-electron chi connectivity index (χ0n) is 23.4. The molecule has 0 aliphatic rings. The molecule has 0 aliphatic carbocycles. The fourth-order valence-electron chi connectivity index (χ4n) is 3.64. The smallest absolute Gasteiger partial charge is 0.175 e. The number of aromatic nitrogens is 2. The Hall–Kier alpha value is -4.62. The second kappa shape index (κ2) is 12.9. The van der Waals surface area contributed by atoms with Crippen molar-refractivity contribution in [2.45, 2.75) is 30.2 Å². The molecule has 4 aromatic rings. The molecule has 2 N–H and O–H groups in total. The van der Waals surface area contributed by atoms with Crippen molar-refractivity contribution in [2.24, 2.45) is 10.2 Å². The molecule has 13 heteroatoms. The molecule has 0 bridgehead atoms. The van der Waals surface area contributed by atoms with Gasteiger partial charge >= 0.3 is 0 Å². The van der Waals surface area contributed by atoms with E-state index in [-0.39, 0.29) is 16.4 Å². The van der Waals surface area contributed by atoms with Gasteiger partial charge in [-0.2, -0.15) is 10.2 Å². The van der Waals surface area contributed by atoms with Gasteiger partial charge in [-0.1, -0.05) is 42.5 Å². The summed E-state index contributed by atoms with van der Waals surface area (Å²) in [5.74, 6) is 1.77. The number of anilines is 2. The summed E-state index contributed by atoms with van der Waals surface area (Å²) < 4.78 is 52.8. The predicted octanol–water partition coefficient (Wildman–Crippen LogP) is 4.53. The van der Waals surface area contributed by atoms with Crippen LogP contribution in [-0.2, 0) is 26.3 Å². The number of rotatable bonds is 11. The topological polar surface area (TPSA) is 152 Å². The lowest BCUT2D eigenvalue weighted by molar-refractivity contribution is 0.296. The summed E-state index contributed by atoms with van der Waals surface area (Å²) in [5, 5.41) is 8.80. The number of nitrogens with one attached hydrogen (secondary N) is 2. The zero-order valence-corrected chi connectivity index (χ0v) is 25.1. The largest absolute Gasteiger partial charge is 0.486 e. The van der Waals surface area contributed by atoms with E-state index in [0.717, 1.165) is 23.6 Å². The molecular formula is C29H30N6O5S2. The molecule has 0 radical (unpaired) electrons. The molecule has 0 unspecified atom stereocenters. The lowest BCUT2D eigenvalue weighted by atomic mass is 10.1. The Morgan fingerprint density at radius 2 is 1.12 bits per heavy atom. The summed E-state index contributed by atoms with van der Waals surface area (Å²) >= 11 is 0. The second-order valence-corrected chi connectivity index (χ2v) is 13.4. The van der Waals surface area contributed by atoms with Crippen LogP contribution in [0.5, 0.6) is 5.75 Å². The monoisotopic (exact) mass is 606 g/mol. The highest BCUT2D eigenvalue weighted by molar-refractivity contribution is 7.91. The maximum absolute atomic E-state index is 11.8. The SMILES string of the molecule is CC(=NNc1cc(NN=C(C)c2ccc(S(C)(=O)=O)cc2)nc(COc2ccccc2)n1)c1ccc(S(C)(=O)=O)cc1. The summed E-state index contributed by atoms with van der Waals surface area (Å²) in [7, 11) is -6.60. The lowest BCUT2D eigenvalue weighted by Crippen LogP contribution is -2.09. The van der Waals surface area contributed by atoms with Gasteiger partial charge < -0.3 is 4.74 Å². The van der Waals surface area contributed by atoms with Crippen LogP contribution in [-0.4, -0.2) is 50.7 Å². The fraction of sp³-hybridized carbons (Fsp3) is 0.172. The zero-order chi connectivity index (χ0) is 30.3.